The molecule has 0 radical (unpaired) electrons. The Morgan fingerprint density at radius 2 is 1.57 bits per heavy atom. The number of hydrogen-bond acceptors (Lipinski definition) is 4. The van der Waals surface area contributed by atoms with E-state index in [1.54, 1.807) is 24.3 Å². The third-order valence-electron chi connectivity index (χ3n) is 7.63. The molecule has 0 unspecified atom stereocenters. The largest absolute Gasteiger partial charge is 0.490 e. The topological polar surface area (TPSA) is 95.9 Å². The summed E-state index contributed by atoms with van der Waals surface area (Å²) in [6, 6.07) is 17.6. The summed E-state index contributed by atoms with van der Waals surface area (Å²) in [7, 11) is 0. The number of carboxylic acid groups (broad SMARTS) is 1. The van der Waals surface area contributed by atoms with Gasteiger partial charge in [0.1, 0.15) is 5.75 Å². The van der Waals surface area contributed by atoms with Crippen molar-refractivity contribution in [3.8, 4) is 5.75 Å². The summed E-state index contributed by atoms with van der Waals surface area (Å²) in [5, 5.41) is 12.1. The zero-order valence-corrected chi connectivity index (χ0v) is 21.4. The van der Waals surface area contributed by atoms with Gasteiger partial charge in [0.05, 0.1) is 12.0 Å². The van der Waals surface area contributed by atoms with E-state index in [4.69, 9.17) is 9.84 Å². The molecule has 1 aliphatic carbocycles. The number of likely N-dealkylation sites (tertiary alicyclic amines) is 1. The summed E-state index contributed by atoms with van der Waals surface area (Å²) in [6.45, 7) is 2.03. The molecular formula is C30H38N2O5. The Kier molecular flexibility index (Phi) is 9.58. The van der Waals surface area contributed by atoms with Crippen molar-refractivity contribution >= 4 is 17.8 Å². The van der Waals surface area contributed by atoms with Gasteiger partial charge in [-0.25, -0.2) is 4.79 Å². The molecule has 7 heteroatoms. The maximum Gasteiger partial charge on any atom is 0.317 e. The molecule has 1 heterocycles. The first kappa shape index (κ1) is 26.7. The van der Waals surface area contributed by atoms with Crippen LogP contribution >= 0.6 is 0 Å². The average Bonchev–Trinajstić information content (AvgIpc) is 2.92. The van der Waals surface area contributed by atoms with Crippen molar-refractivity contribution in [1.29, 1.82) is 0 Å². The molecule has 2 fully saturated rings. The molecule has 2 amide bonds. The number of urea groups is 1. The minimum Gasteiger partial charge on any atom is -0.490 e. The normalized spacial score (nSPS) is 20.3. The molecule has 4 rings (SSSR count). The number of hydrogen-bond donors (Lipinski definition) is 2. The molecule has 1 saturated heterocycles. The lowest BCUT2D eigenvalue weighted by atomic mass is 9.87. The molecule has 0 bridgehead atoms. The van der Waals surface area contributed by atoms with Gasteiger partial charge < -0.3 is 20.1 Å². The number of benzene rings is 2. The quantitative estimate of drug-likeness (QED) is 0.335. The molecule has 198 valence electrons. The van der Waals surface area contributed by atoms with Crippen LogP contribution in [0.5, 0.6) is 5.75 Å². The fourth-order valence-corrected chi connectivity index (χ4v) is 5.33. The zero-order chi connectivity index (χ0) is 26.0. The predicted molar refractivity (Wildman–Crippen MR) is 142 cm³/mol. The molecule has 2 N–H and O–H groups in total. The van der Waals surface area contributed by atoms with E-state index in [0.29, 0.717) is 49.5 Å². The predicted octanol–water partition coefficient (Wildman–Crippen LogP) is 5.34. The standard InChI is InChI=1S/C30H38N2O5/c33-28(24-8-12-26(13-9-24)37-27-14-10-25(11-15-27)29(34)35)7-4-18-31-30(36)32-19-16-23(17-20-32)21-22-5-2-1-3-6-22/h1-3,5-6,8-9,12-13,23,25,27H,4,7,10-11,14-21H2,(H,31,36)(H,34,35). The van der Waals surface area contributed by atoms with Crippen LogP contribution in [0.4, 0.5) is 4.79 Å². The molecule has 2 aliphatic rings. The second-order valence-corrected chi connectivity index (χ2v) is 10.3. The summed E-state index contributed by atoms with van der Waals surface area (Å²) >= 11 is 0. The number of nitrogens with zero attached hydrogens (tertiary/aromatic N) is 1. The molecule has 37 heavy (non-hydrogen) atoms. The van der Waals surface area contributed by atoms with Crippen molar-refractivity contribution < 1.29 is 24.2 Å². The molecule has 0 aromatic heterocycles. The fraction of sp³-hybridized carbons (Fsp3) is 0.500. The van der Waals surface area contributed by atoms with Gasteiger partial charge in [-0.2, -0.15) is 0 Å². The highest BCUT2D eigenvalue weighted by Gasteiger charge is 2.27. The number of carboxylic acids is 1. The van der Waals surface area contributed by atoms with Crippen LogP contribution in [-0.4, -0.2) is 53.5 Å². The summed E-state index contributed by atoms with van der Waals surface area (Å²) in [5.74, 6) is 0.384. The van der Waals surface area contributed by atoms with Crippen molar-refractivity contribution in [2.45, 2.75) is 63.9 Å². The third-order valence-corrected chi connectivity index (χ3v) is 7.63. The molecule has 0 atom stereocenters. The monoisotopic (exact) mass is 506 g/mol. The molecule has 7 nitrogen and oxygen atoms in total. The van der Waals surface area contributed by atoms with Crippen LogP contribution in [0.3, 0.4) is 0 Å². The first-order chi connectivity index (χ1) is 18.0. The van der Waals surface area contributed by atoms with E-state index in [9.17, 15) is 14.4 Å². The van der Waals surface area contributed by atoms with Gasteiger partial charge in [0.25, 0.3) is 0 Å². The number of amides is 2. The first-order valence-corrected chi connectivity index (χ1v) is 13.6. The van der Waals surface area contributed by atoms with Crippen LogP contribution < -0.4 is 10.1 Å². The van der Waals surface area contributed by atoms with Gasteiger partial charge >= 0.3 is 12.0 Å². The van der Waals surface area contributed by atoms with Gasteiger partial charge in [0.15, 0.2) is 5.78 Å². The lowest BCUT2D eigenvalue weighted by Gasteiger charge is -2.32. The molecular weight excluding hydrogens is 468 g/mol. The van der Waals surface area contributed by atoms with Gasteiger partial charge in [-0.15, -0.1) is 0 Å². The zero-order valence-electron chi connectivity index (χ0n) is 21.4. The van der Waals surface area contributed by atoms with Crippen molar-refractivity contribution in [3.05, 3.63) is 65.7 Å². The lowest BCUT2D eigenvalue weighted by Crippen LogP contribution is -2.45. The number of rotatable bonds is 10. The van der Waals surface area contributed by atoms with Crippen LogP contribution in [0, 0.1) is 11.8 Å². The van der Waals surface area contributed by atoms with Gasteiger partial charge in [-0.3, -0.25) is 9.59 Å². The average molecular weight is 507 g/mol. The van der Waals surface area contributed by atoms with Crippen LogP contribution in [-0.2, 0) is 11.2 Å². The molecule has 1 aliphatic heterocycles. The summed E-state index contributed by atoms with van der Waals surface area (Å²) in [6.07, 6.45) is 6.84. The fourth-order valence-electron chi connectivity index (χ4n) is 5.33. The number of piperidine rings is 1. The highest BCUT2D eigenvalue weighted by Crippen LogP contribution is 2.28. The van der Waals surface area contributed by atoms with E-state index in [1.807, 2.05) is 11.0 Å². The van der Waals surface area contributed by atoms with E-state index >= 15 is 0 Å². The SMILES string of the molecule is O=C(CCCNC(=O)N1CCC(Cc2ccccc2)CC1)c1ccc(OC2CCC(C(=O)O)CC2)cc1. The highest BCUT2D eigenvalue weighted by atomic mass is 16.5. The van der Waals surface area contributed by atoms with Gasteiger partial charge in [-0.05, 0) is 87.1 Å². The number of ketones is 1. The van der Waals surface area contributed by atoms with Crippen LogP contribution in [0.25, 0.3) is 0 Å². The van der Waals surface area contributed by atoms with Crippen LogP contribution in [0.1, 0.15) is 67.3 Å². The van der Waals surface area contributed by atoms with E-state index in [1.165, 1.54) is 5.56 Å². The Bertz CT molecular complexity index is 1020. The Morgan fingerprint density at radius 3 is 2.22 bits per heavy atom. The minimum absolute atomic E-state index is 0.0235. The van der Waals surface area contributed by atoms with Crippen molar-refractivity contribution in [1.82, 2.24) is 10.2 Å². The summed E-state index contributed by atoms with van der Waals surface area (Å²) in [5.41, 5.74) is 1.99. The highest BCUT2D eigenvalue weighted by molar-refractivity contribution is 5.96. The van der Waals surface area contributed by atoms with Crippen LogP contribution in [0.2, 0.25) is 0 Å². The number of carbonyl (C=O) groups is 3. The lowest BCUT2D eigenvalue weighted by molar-refractivity contribution is -0.143. The van der Waals surface area contributed by atoms with E-state index in [0.717, 1.165) is 45.2 Å². The van der Waals surface area contributed by atoms with Crippen LogP contribution in [0.15, 0.2) is 54.6 Å². The van der Waals surface area contributed by atoms with Gasteiger partial charge in [-0.1, -0.05) is 30.3 Å². The van der Waals surface area contributed by atoms with Crippen molar-refractivity contribution in [2.75, 3.05) is 19.6 Å². The van der Waals surface area contributed by atoms with Crippen molar-refractivity contribution in [2.24, 2.45) is 11.8 Å². The third kappa shape index (κ3) is 8.07. The Labute approximate surface area is 219 Å². The number of nitrogens with one attached hydrogen (secondary N) is 1. The molecule has 0 spiro atoms. The summed E-state index contributed by atoms with van der Waals surface area (Å²) in [4.78, 5) is 38.0. The maximum absolute atomic E-state index is 12.6. The molecule has 2 aromatic carbocycles. The van der Waals surface area contributed by atoms with E-state index in [2.05, 4.69) is 29.6 Å². The summed E-state index contributed by atoms with van der Waals surface area (Å²) < 4.78 is 5.98. The number of Topliss-reactive ketones (excluding diaryl/α,β-unsaturated/α-hetero) is 1. The van der Waals surface area contributed by atoms with Crippen molar-refractivity contribution in [3.63, 3.8) is 0 Å². The molecule has 1 saturated carbocycles. The smallest absolute Gasteiger partial charge is 0.317 e. The second kappa shape index (κ2) is 13.3. The number of carbonyl (C=O) groups excluding carboxylic acids is 2. The minimum atomic E-state index is -0.722. The first-order valence-electron chi connectivity index (χ1n) is 13.6. The Balaban J connectivity index is 1.10. The van der Waals surface area contributed by atoms with E-state index < -0.39 is 5.97 Å². The number of aliphatic carboxylic acids is 1. The van der Waals surface area contributed by atoms with E-state index in [-0.39, 0.29) is 23.8 Å². The van der Waals surface area contributed by atoms with Gasteiger partial charge in [0, 0.05) is 31.6 Å². The Hall–Kier alpha value is -3.35. The molecule has 2 aromatic rings. The maximum atomic E-state index is 12.6. The second-order valence-electron chi connectivity index (χ2n) is 10.3. The number of ether oxygens (including phenoxy) is 1. The van der Waals surface area contributed by atoms with Gasteiger partial charge in [0.2, 0.25) is 0 Å². The Morgan fingerprint density at radius 1 is 0.892 bits per heavy atom.